The number of urea groups is 1. The molecule has 0 radical (unpaired) electrons. The van der Waals surface area contributed by atoms with E-state index in [1.165, 1.54) is 18.2 Å². The molecule has 1 saturated heterocycles. The monoisotopic (exact) mass is 374 g/mol. The molecular formula is C18H22N4O5. The highest BCUT2D eigenvalue weighted by atomic mass is 16.6. The number of imide groups is 1. The fraction of sp³-hybridized carbons (Fsp3) is 0.500. The van der Waals surface area contributed by atoms with Gasteiger partial charge in [0.1, 0.15) is 12.1 Å². The van der Waals surface area contributed by atoms with Crippen LogP contribution in [0.15, 0.2) is 18.2 Å². The number of rotatable bonds is 4. The van der Waals surface area contributed by atoms with Crippen molar-refractivity contribution in [3.63, 3.8) is 0 Å². The molecule has 144 valence electrons. The van der Waals surface area contributed by atoms with Gasteiger partial charge in [-0.25, -0.2) is 4.79 Å². The molecule has 1 spiro atoms. The normalized spacial score (nSPS) is 24.8. The predicted molar refractivity (Wildman–Crippen MR) is 97.1 cm³/mol. The van der Waals surface area contributed by atoms with E-state index < -0.39 is 28.9 Å². The van der Waals surface area contributed by atoms with E-state index in [0.29, 0.717) is 12.0 Å². The van der Waals surface area contributed by atoms with Crippen molar-refractivity contribution in [3.05, 3.63) is 33.9 Å². The van der Waals surface area contributed by atoms with Crippen molar-refractivity contribution in [2.24, 2.45) is 5.92 Å². The molecule has 1 aromatic rings. The first-order valence-corrected chi connectivity index (χ1v) is 8.93. The Kier molecular flexibility index (Phi) is 4.86. The Morgan fingerprint density at radius 3 is 2.81 bits per heavy atom. The number of nitrogens with zero attached hydrogens (tertiary/aromatic N) is 2. The Hall–Kier alpha value is -2.97. The second kappa shape index (κ2) is 6.98. The van der Waals surface area contributed by atoms with Crippen LogP contribution in [0.25, 0.3) is 0 Å². The summed E-state index contributed by atoms with van der Waals surface area (Å²) in [7, 11) is 0. The van der Waals surface area contributed by atoms with E-state index in [4.69, 9.17) is 0 Å². The lowest BCUT2D eigenvalue weighted by atomic mass is 9.73. The number of carbonyl (C=O) groups is 3. The zero-order valence-corrected chi connectivity index (χ0v) is 15.3. The van der Waals surface area contributed by atoms with Crippen molar-refractivity contribution in [2.45, 2.75) is 45.1 Å². The topological polar surface area (TPSA) is 122 Å². The Morgan fingerprint density at radius 2 is 2.15 bits per heavy atom. The number of anilines is 1. The van der Waals surface area contributed by atoms with Gasteiger partial charge in [-0.3, -0.25) is 24.6 Å². The van der Waals surface area contributed by atoms with Gasteiger partial charge in [0.2, 0.25) is 5.91 Å². The largest absolute Gasteiger partial charge is 0.325 e. The Bertz CT molecular complexity index is 824. The number of nitro groups is 1. The predicted octanol–water partition coefficient (Wildman–Crippen LogP) is 2.34. The van der Waals surface area contributed by atoms with Crippen molar-refractivity contribution in [3.8, 4) is 0 Å². The quantitative estimate of drug-likeness (QED) is 0.476. The lowest BCUT2D eigenvalue weighted by Crippen LogP contribution is -2.54. The van der Waals surface area contributed by atoms with E-state index in [-0.39, 0.29) is 23.2 Å². The number of nitrogens with one attached hydrogen (secondary N) is 2. The summed E-state index contributed by atoms with van der Waals surface area (Å²) in [5.41, 5.74) is -0.150. The van der Waals surface area contributed by atoms with E-state index in [9.17, 15) is 24.5 Å². The summed E-state index contributed by atoms with van der Waals surface area (Å²) in [5, 5.41) is 16.3. The van der Waals surface area contributed by atoms with Gasteiger partial charge in [0, 0.05) is 12.1 Å². The number of aryl methyl sites for hydroxylation is 1. The summed E-state index contributed by atoms with van der Waals surface area (Å²) in [6.07, 6.45) is 3.28. The van der Waals surface area contributed by atoms with E-state index >= 15 is 0 Å². The molecule has 0 bridgehead atoms. The maximum atomic E-state index is 12.9. The number of benzene rings is 1. The highest BCUT2D eigenvalue weighted by molar-refractivity contribution is 6.10. The molecule has 1 saturated carbocycles. The van der Waals surface area contributed by atoms with Crippen LogP contribution in [0.1, 0.15) is 38.2 Å². The van der Waals surface area contributed by atoms with E-state index in [1.54, 1.807) is 6.92 Å². The Balaban J connectivity index is 1.73. The fourth-order valence-electron chi connectivity index (χ4n) is 3.83. The van der Waals surface area contributed by atoms with Gasteiger partial charge >= 0.3 is 6.03 Å². The van der Waals surface area contributed by atoms with Crippen LogP contribution in [0.5, 0.6) is 0 Å². The van der Waals surface area contributed by atoms with Gasteiger partial charge in [-0.15, -0.1) is 0 Å². The molecule has 1 aromatic carbocycles. The number of hydrogen-bond acceptors (Lipinski definition) is 5. The number of nitro benzene ring substituents is 1. The molecule has 27 heavy (non-hydrogen) atoms. The summed E-state index contributed by atoms with van der Waals surface area (Å²) in [4.78, 5) is 48.9. The number of carbonyl (C=O) groups excluding carboxylic acids is 3. The summed E-state index contributed by atoms with van der Waals surface area (Å²) in [5.74, 6) is -0.942. The molecule has 3 rings (SSSR count). The Morgan fingerprint density at radius 1 is 1.41 bits per heavy atom. The van der Waals surface area contributed by atoms with E-state index in [0.717, 1.165) is 24.2 Å². The van der Waals surface area contributed by atoms with Crippen molar-refractivity contribution in [1.29, 1.82) is 0 Å². The summed E-state index contributed by atoms with van der Waals surface area (Å²) >= 11 is 0. The van der Waals surface area contributed by atoms with Gasteiger partial charge in [-0.05, 0) is 31.2 Å². The van der Waals surface area contributed by atoms with Crippen molar-refractivity contribution in [2.75, 3.05) is 11.9 Å². The maximum Gasteiger partial charge on any atom is 0.325 e. The second-order valence-corrected chi connectivity index (χ2v) is 7.24. The third kappa shape index (κ3) is 3.36. The smallest absolute Gasteiger partial charge is 0.324 e. The van der Waals surface area contributed by atoms with Crippen LogP contribution in [0, 0.1) is 23.0 Å². The first kappa shape index (κ1) is 18.8. The summed E-state index contributed by atoms with van der Waals surface area (Å²) < 4.78 is 0. The highest BCUT2D eigenvalue weighted by Crippen LogP contribution is 2.38. The van der Waals surface area contributed by atoms with Crippen molar-refractivity contribution in [1.82, 2.24) is 10.2 Å². The molecule has 1 aliphatic heterocycles. The lowest BCUT2D eigenvalue weighted by molar-refractivity contribution is -0.384. The minimum Gasteiger partial charge on any atom is -0.324 e. The molecule has 1 heterocycles. The average Bonchev–Trinajstić information content (AvgIpc) is 2.84. The number of amides is 4. The van der Waals surface area contributed by atoms with Gasteiger partial charge in [0.15, 0.2) is 0 Å². The van der Waals surface area contributed by atoms with Crippen molar-refractivity contribution >= 4 is 29.2 Å². The molecule has 2 atom stereocenters. The molecule has 0 unspecified atom stereocenters. The van der Waals surface area contributed by atoms with Crippen molar-refractivity contribution < 1.29 is 19.3 Å². The SMILES string of the molecule is Cc1ccc([N+](=O)[O-])cc1NC(=O)CN1C(=O)N[C@@]2(CCCC[C@H]2C)C1=O. The van der Waals surface area contributed by atoms with Gasteiger partial charge in [0.05, 0.1) is 10.6 Å². The second-order valence-electron chi connectivity index (χ2n) is 7.24. The van der Waals surface area contributed by atoms with Gasteiger partial charge in [-0.2, -0.15) is 0 Å². The van der Waals surface area contributed by atoms with Gasteiger partial charge in [-0.1, -0.05) is 25.8 Å². The van der Waals surface area contributed by atoms with E-state index in [2.05, 4.69) is 10.6 Å². The number of non-ortho nitro benzene ring substituents is 1. The molecule has 4 amide bonds. The molecule has 9 heteroatoms. The Labute approximate surface area is 156 Å². The van der Waals surface area contributed by atoms with Crippen LogP contribution in [-0.2, 0) is 9.59 Å². The molecule has 1 aliphatic carbocycles. The minimum absolute atomic E-state index is 0.00905. The minimum atomic E-state index is -0.920. The molecule has 2 fully saturated rings. The molecular weight excluding hydrogens is 352 g/mol. The molecule has 0 aromatic heterocycles. The average molecular weight is 374 g/mol. The third-order valence-electron chi connectivity index (χ3n) is 5.51. The zero-order valence-electron chi connectivity index (χ0n) is 15.3. The zero-order chi connectivity index (χ0) is 19.8. The summed E-state index contributed by atoms with van der Waals surface area (Å²) in [6.45, 7) is 3.21. The van der Waals surface area contributed by atoms with Crippen LogP contribution in [-0.4, -0.2) is 39.8 Å². The van der Waals surface area contributed by atoms with Gasteiger partial charge in [0.25, 0.3) is 11.6 Å². The van der Waals surface area contributed by atoms with Crippen LogP contribution in [0.2, 0.25) is 0 Å². The standard InChI is InChI=1S/C18H22N4O5/c1-11-6-7-13(22(26)27)9-14(11)19-15(23)10-21-16(24)18(20-17(21)25)8-4-3-5-12(18)2/h6-7,9,12H,3-5,8,10H2,1-2H3,(H,19,23)(H,20,25)/t12-,18-/m1/s1. The summed E-state index contributed by atoms with van der Waals surface area (Å²) in [6, 6.07) is 3.56. The molecule has 2 aliphatic rings. The van der Waals surface area contributed by atoms with E-state index in [1.807, 2.05) is 6.92 Å². The fourth-order valence-corrected chi connectivity index (χ4v) is 3.83. The maximum absolute atomic E-state index is 12.9. The number of hydrogen-bond donors (Lipinski definition) is 2. The van der Waals surface area contributed by atoms with Crippen LogP contribution >= 0.6 is 0 Å². The van der Waals surface area contributed by atoms with Gasteiger partial charge < -0.3 is 10.6 Å². The van der Waals surface area contributed by atoms with Crippen LogP contribution in [0.3, 0.4) is 0 Å². The lowest BCUT2D eigenvalue weighted by Gasteiger charge is -2.36. The molecule has 2 N–H and O–H groups in total. The highest BCUT2D eigenvalue weighted by Gasteiger charge is 2.55. The van der Waals surface area contributed by atoms with Crippen LogP contribution < -0.4 is 10.6 Å². The molecule has 9 nitrogen and oxygen atoms in total. The third-order valence-corrected chi connectivity index (χ3v) is 5.51. The first-order valence-electron chi connectivity index (χ1n) is 8.93. The first-order chi connectivity index (χ1) is 12.7. The van der Waals surface area contributed by atoms with Crippen LogP contribution in [0.4, 0.5) is 16.2 Å².